The van der Waals surface area contributed by atoms with Gasteiger partial charge in [0.15, 0.2) is 0 Å². The maximum absolute atomic E-state index is 12.2. The van der Waals surface area contributed by atoms with Gasteiger partial charge in [0, 0.05) is 6.54 Å². The van der Waals surface area contributed by atoms with Gasteiger partial charge in [-0.25, -0.2) is 0 Å². The lowest BCUT2D eigenvalue weighted by Gasteiger charge is -2.29. The van der Waals surface area contributed by atoms with E-state index in [0.717, 1.165) is 31.2 Å². The lowest BCUT2D eigenvalue weighted by molar-refractivity contribution is -0.130. The minimum absolute atomic E-state index is 0.0166. The van der Waals surface area contributed by atoms with Crippen LogP contribution in [0.5, 0.6) is 0 Å². The van der Waals surface area contributed by atoms with Crippen LogP contribution in [0.3, 0.4) is 0 Å². The third kappa shape index (κ3) is 3.71. The van der Waals surface area contributed by atoms with Gasteiger partial charge in [-0.2, -0.15) is 0 Å². The first-order valence-electron chi connectivity index (χ1n) is 8.18. The van der Waals surface area contributed by atoms with E-state index in [2.05, 4.69) is 24.1 Å². The van der Waals surface area contributed by atoms with Crippen molar-refractivity contribution in [3.63, 3.8) is 0 Å². The van der Waals surface area contributed by atoms with Gasteiger partial charge in [-0.1, -0.05) is 46.0 Å². The van der Waals surface area contributed by atoms with Gasteiger partial charge >= 0.3 is 0 Å². The summed E-state index contributed by atoms with van der Waals surface area (Å²) >= 11 is 0. The fourth-order valence-electron chi connectivity index (χ4n) is 3.57. The highest BCUT2D eigenvalue weighted by Gasteiger charge is 2.35. The highest BCUT2D eigenvalue weighted by Crippen LogP contribution is 2.31. The van der Waals surface area contributed by atoms with Crippen molar-refractivity contribution in [1.29, 1.82) is 0 Å². The van der Waals surface area contributed by atoms with Gasteiger partial charge in [0.25, 0.3) is 0 Å². The van der Waals surface area contributed by atoms with Crippen LogP contribution >= 0.6 is 0 Å². The molecular formula is C16H30N2O. The number of carbonyl (C=O) groups is 1. The van der Waals surface area contributed by atoms with Crippen molar-refractivity contribution < 1.29 is 4.79 Å². The number of amides is 1. The molecule has 1 aliphatic carbocycles. The monoisotopic (exact) mass is 266 g/mol. The van der Waals surface area contributed by atoms with Crippen molar-refractivity contribution in [2.45, 2.75) is 77.9 Å². The van der Waals surface area contributed by atoms with Crippen LogP contribution in [0.15, 0.2) is 0 Å². The molecule has 1 aliphatic heterocycles. The summed E-state index contributed by atoms with van der Waals surface area (Å²) < 4.78 is 0. The summed E-state index contributed by atoms with van der Waals surface area (Å²) in [6.07, 6.45) is 9.20. The van der Waals surface area contributed by atoms with E-state index in [4.69, 9.17) is 0 Å². The molecule has 0 aromatic heterocycles. The van der Waals surface area contributed by atoms with Gasteiger partial charge in [0.2, 0.25) is 5.91 Å². The molecule has 0 aromatic rings. The number of hydrogen-bond acceptors (Lipinski definition) is 2. The number of rotatable bonds is 5. The Morgan fingerprint density at radius 3 is 2.47 bits per heavy atom. The smallest absolute Gasteiger partial charge is 0.240 e. The van der Waals surface area contributed by atoms with Crippen LogP contribution in [0.4, 0.5) is 0 Å². The molecule has 1 amide bonds. The van der Waals surface area contributed by atoms with Gasteiger partial charge in [-0.3, -0.25) is 10.1 Å². The summed E-state index contributed by atoms with van der Waals surface area (Å²) in [6, 6.07) is 0.0166. The van der Waals surface area contributed by atoms with Gasteiger partial charge in [0.05, 0.1) is 12.2 Å². The predicted molar refractivity (Wildman–Crippen MR) is 78.7 cm³/mol. The molecule has 3 nitrogen and oxygen atoms in total. The van der Waals surface area contributed by atoms with Crippen molar-refractivity contribution in [3.05, 3.63) is 0 Å². The Hall–Kier alpha value is -0.570. The van der Waals surface area contributed by atoms with Crippen LogP contribution in [0.2, 0.25) is 0 Å². The normalized spacial score (nSPS) is 35.9. The van der Waals surface area contributed by atoms with Crippen molar-refractivity contribution in [3.8, 4) is 0 Å². The van der Waals surface area contributed by atoms with E-state index in [1.807, 2.05) is 6.92 Å². The first kappa shape index (κ1) is 14.8. The van der Waals surface area contributed by atoms with E-state index in [0.29, 0.717) is 5.91 Å². The van der Waals surface area contributed by atoms with Gasteiger partial charge in [-0.05, 0) is 31.6 Å². The molecule has 1 N–H and O–H groups in total. The Balaban J connectivity index is 1.81. The van der Waals surface area contributed by atoms with Crippen molar-refractivity contribution in [2.75, 3.05) is 6.54 Å². The summed E-state index contributed by atoms with van der Waals surface area (Å²) in [5.74, 6) is 2.07. The highest BCUT2D eigenvalue weighted by atomic mass is 16.2. The molecule has 0 aromatic carbocycles. The average Bonchev–Trinajstić information content (AvgIpc) is 2.65. The van der Waals surface area contributed by atoms with E-state index in [-0.39, 0.29) is 12.2 Å². The highest BCUT2D eigenvalue weighted by molar-refractivity contribution is 5.83. The number of carbonyl (C=O) groups excluding carboxylic acids is 1. The molecule has 3 heteroatoms. The van der Waals surface area contributed by atoms with E-state index in [1.54, 1.807) is 0 Å². The van der Waals surface area contributed by atoms with Crippen molar-refractivity contribution in [2.24, 2.45) is 11.8 Å². The molecule has 2 atom stereocenters. The zero-order valence-electron chi connectivity index (χ0n) is 12.8. The van der Waals surface area contributed by atoms with E-state index in [9.17, 15) is 4.79 Å². The summed E-state index contributed by atoms with van der Waals surface area (Å²) in [4.78, 5) is 14.3. The Labute approximate surface area is 118 Å². The van der Waals surface area contributed by atoms with Crippen LogP contribution in [-0.4, -0.2) is 29.6 Å². The van der Waals surface area contributed by atoms with Crippen LogP contribution < -0.4 is 5.32 Å². The molecule has 1 saturated carbocycles. The van der Waals surface area contributed by atoms with Crippen LogP contribution in [0, 0.1) is 11.8 Å². The Kier molecular flexibility index (Phi) is 5.26. The summed E-state index contributed by atoms with van der Waals surface area (Å²) in [5, 5.41) is 3.43. The molecular weight excluding hydrogens is 236 g/mol. The van der Waals surface area contributed by atoms with Crippen LogP contribution in [0.1, 0.15) is 65.7 Å². The molecule has 1 saturated heterocycles. The molecule has 2 fully saturated rings. The summed E-state index contributed by atoms with van der Waals surface area (Å²) in [7, 11) is 0. The fourth-order valence-corrected chi connectivity index (χ4v) is 3.57. The van der Waals surface area contributed by atoms with Gasteiger partial charge in [0.1, 0.15) is 0 Å². The quantitative estimate of drug-likeness (QED) is 0.829. The first-order chi connectivity index (χ1) is 9.11. The molecule has 2 aliphatic rings. The zero-order valence-corrected chi connectivity index (χ0v) is 12.8. The maximum Gasteiger partial charge on any atom is 0.240 e. The van der Waals surface area contributed by atoms with Gasteiger partial charge < -0.3 is 4.90 Å². The molecule has 0 spiro atoms. The molecule has 0 bridgehead atoms. The zero-order chi connectivity index (χ0) is 13.8. The van der Waals surface area contributed by atoms with E-state index >= 15 is 0 Å². The topological polar surface area (TPSA) is 32.3 Å². The van der Waals surface area contributed by atoms with Crippen LogP contribution in [0.25, 0.3) is 0 Å². The lowest BCUT2D eigenvalue weighted by Crippen LogP contribution is -2.38. The molecule has 2 rings (SSSR count). The third-order valence-electron chi connectivity index (χ3n) is 4.95. The summed E-state index contributed by atoms with van der Waals surface area (Å²) in [6.45, 7) is 7.51. The standard InChI is InChI=1S/C16H30N2O/c1-4-5-15-17-13(3)16(19)18(15)11-10-14-8-6-12(2)7-9-14/h12-15,17H,4-11H2,1-3H3. The second-order valence-electron chi connectivity index (χ2n) is 6.64. The Morgan fingerprint density at radius 1 is 1.16 bits per heavy atom. The molecule has 0 radical (unpaired) electrons. The average molecular weight is 266 g/mol. The second-order valence-corrected chi connectivity index (χ2v) is 6.64. The maximum atomic E-state index is 12.2. The predicted octanol–water partition coefficient (Wildman–Crippen LogP) is 3.15. The lowest BCUT2D eigenvalue weighted by atomic mass is 9.81. The number of nitrogens with zero attached hydrogens (tertiary/aromatic N) is 1. The Morgan fingerprint density at radius 2 is 1.84 bits per heavy atom. The van der Waals surface area contributed by atoms with E-state index in [1.165, 1.54) is 32.1 Å². The van der Waals surface area contributed by atoms with E-state index < -0.39 is 0 Å². The number of hydrogen-bond donors (Lipinski definition) is 1. The van der Waals surface area contributed by atoms with Gasteiger partial charge in [-0.15, -0.1) is 0 Å². The molecule has 2 unspecified atom stereocenters. The van der Waals surface area contributed by atoms with Crippen LogP contribution in [-0.2, 0) is 4.79 Å². The fraction of sp³-hybridized carbons (Fsp3) is 0.938. The molecule has 19 heavy (non-hydrogen) atoms. The second kappa shape index (κ2) is 6.74. The number of nitrogens with one attached hydrogen (secondary N) is 1. The van der Waals surface area contributed by atoms with Crippen molar-refractivity contribution in [1.82, 2.24) is 10.2 Å². The molecule has 1 heterocycles. The first-order valence-corrected chi connectivity index (χ1v) is 8.18. The SMILES string of the molecule is CCCC1NC(C)C(=O)N1CCC1CCC(C)CC1. The minimum Gasteiger partial charge on any atom is -0.326 e. The van der Waals surface area contributed by atoms with Crippen molar-refractivity contribution >= 4 is 5.91 Å². The Bertz CT molecular complexity index is 297. The largest absolute Gasteiger partial charge is 0.326 e. The molecule has 110 valence electrons. The summed E-state index contributed by atoms with van der Waals surface area (Å²) in [5.41, 5.74) is 0. The third-order valence-corrected chi connectivity index (χ3v) is 4.95. The minimum atomic E-state index is 0.0166.